The van der Waals surface area contributed by atoms with E-state index in [2.05, 4.69) is 0 Å². The summed E-state index contributed by atoms with van der Waals surface area (Å²) >= 11 is 5.83. The van der Waals surface area contributed by atoms with Gasteiger partial charge in [0.05, 0.1) is 11.1 Å². The van der Waals surface area contributed by atoms with Gasteiger partial charge in [0.25, 0.3) is 0 Å². The Morgan fingerprint density at radius 3 is 2.55 bits per heavy atom. The van der Waals surface area contributed by atoms with E-state index < -0.39 is 12.0 Å². The summed E-state index contributed by atoms with van der Waals surface area (Å²) in [5.74, 6) is -0.547. The van der Waals surface area contributed by atoms with Crippen LogP contribution in [0.15, 0.2) is 42.5 Å². The summed E-state index contributed by atoms with van der Waals surface area (Å²) in [7, 11) is 0. The highest BCUT2D eigenvalue weighted by Crippen LogP contribution is 2.33. The Morgan fingerprint density at radius 2 is 1.86 bits per heavy atom. The lowest BCUT2D eigenvalue weighted by molar-refractivity contribution is -0.133. The van der Waals surface area contributed by atoms with Crippen molar-refractivity contribution in [1.82, 2.24) is 9.80 Å². The van der Waals surface area contributed by atoms with Gasteiger partial charge in [0, 0.05) is 25.6 Å². The molecule has 7 heteroatoms. The van der Waals surface area contributed by atoms with E-state index >= 15 is 0 Å². The van der Waals surface area contributed by atoms with Gasteiger partial charge in [-0.3, -0.25) is 9.69 Å². The summed E-state index contributed by atoms with van der Waals surface area (Å²) in [4.78, 5) is 16.6. The first kappa shape index (κ1) is 20.1. The minimum atomic E-state index is -1.06. The summed E-state index contributed by atoms with van der Waals surface area (Å²) < 4.78 is 28.2. The molecule has 4 nitrogen and oxygen atoms in total. The molecule has 2 aromatic rings. The van der Waals surface area contributed by atoms with E-state index in [1.165, 1.54) is 12.1 Å². The topological polar surface area (TPSA) is 43.8 Å². The van der Waals surface area contributed by atoms with Crippen LogP contribution >= 0.6 is 11.6 Å². The van der Waals surface area contributed by atoms with Gasteiger partial charge in [0.15, 0.2) is 0 Å². The summed E-state index contributed by atoms with van der Waals surface area (Å²) in [5, 5.41) is 9.47. The number of amides is 1. The zero-order valence-electron chi connectivity index (χ0n) is 15.9. The lowest BCUT2D eigenvalue weighted by Gasteiger charge is -2.37. The first-order valence-corrected chi connectivity index (χ1v) is 10.2. The van der Waals surface area contributed by atoms with Crippen molar-refractivity contribution in [3.63, 3.8) is 0 Å². The maximum absolute atomic E-state index is 14.9. The molecule has 0 saturated carbocycles. The zero-order valence-corrected chi connectivity index (χ0v) is 16.7. The van der Waals surface area contributed by atoms with Crippen molar-refractivity contribution in [2.75, 3.05) is 19.6 Å². The first-order valence-electron chi connectivity index (χ1n) is 9.82. The van der Waals surface area contributed by atoms with Crippen LogP contribution in [0.2, 0.25) is 5.02 Å². The number of rotatable bonds is 4. The minimum Gasteiger partial charge on any atom is -0.508 e. The number of piperidine rings is 1. The van der Waals surface area contributed by atoms with Crippen LogP contribution in [0.3, 0.4) is 0 Å². The number of hydrogen-bond donors (Lipinski definition) is 1. The Balaban J connectivity index is 1.38. The zero-order chi connectivity index (χ0) is 20.5. The molecule has 2 aliphatic rings. The van der Waals surface area contributed by atoms with Crippen LogP contribution in [-0.4, -0.2) is 52.7 Å². The minimum absolute atomic E-state index is 0.0132. The molecule has 3 atom stereocenters. The fourth-order valence-corrected chi connectivity index (χ4v) is 4.59. The number of carbonyl (C=O) groups excluding carboxylic acids is 1. The second-order valence-corrected chi connectivity index (χ2v) is 8.22. The Labute approximate surface area is 173 Å². The number of hydrogen-bond acceptors (Lipinski definition) is 3. The molecule has 29 heavy (non-hydrogen) atoms. The molecule has 154 valence electrons. The largest absolute Gasteiger partial charge is 0.508 e. The van der Waals surface area contributed by atoms with E-state index in [0.29, 0.717) is 32.5 Å². The maximum Gasteiger partial charge on any atom is 0.240 e. The van der Waals surface area contributed by atoms with Gasteiger partial charge in [-0.25, -0.2) is 8.78 Å². The number of carbonyl (C=O) groups is 1. The number of benzene rings is 2. The van der Waals surface area contributed by atoms with E-state index in [1.807, 2.05) is 4.90 Å². The summed E-state index contributed by atoms with van der Waals surface area (Å²) in [6.07, 6.45) is 0.222. The number of alkyl halides is 1. The highest BCUT2D eigenvalue weighted by atomic mass is 35.5. The van der Waals surface area contributed by atoms with Crippen LogP contribution in [0.4, 0.5) is 8.78 Å². The average molecular weight is 421 g/mol. The average Bonchev–Trinajstić information content (AvgIpc) is 3.06. The Morgan fingerprint density at radius 1 is 1.10 bits per heavy atom. The van der Waals surface area contributed by atoms with Gasteiger partial charge in [-0.15, -0.1) is 0 Å². The van der Waals surface area contributed by atoms with Crippen molar-refractivity contribution in [2.45, 2.75) is 37.5 Å². The predicted octanol–water partition coefficient (Wildman–Crippen LogP) is 4.11. The highest BCUT2D eigenvalue weighted by molar-refractivity contribution is 6.30. The number of halogens is 3. The summed E-state index contributed by atoms with van der Waals surface area (Å²) in [6.45, 7) is 1.84. The van der Waals surface area contributed by atoms with Crippen LogP contribution in [-0.2, 0) is 11.3 Å². The normalized spacial score (nSPS) is 25.6. The molecule has 1 amide bonds. The van der Waals surface area contributed by atoms with E-state index in [-0.39, 0.29) is 35.2 Å². The van der Waals surface area contributed by atoms with E-state index in [0.717, 1.165) is 11.1 Å². The third-order valence-corrected chi connectivity index (χ3v) is 6.25. The molecule has 1 N–H and O–H groups in total. The lowest BCUT2D eigenvalue weighted by Crippen LogP contribution is -2.49. The Hall–Kier alpha value is -2.18. The lowest BCUT2D eigenvalue weighted by atomic mass is 9.87. The first-order chi connectivity index (χ1) is 13.9. The number of likely N-dealkylation sites (tertiary alicyclic amines) is 2. The predicted molar refractivity (Wildman–Crippen MR) is 107 cm³/mol. The Bertz CT molecular complexity index is 893. The number of phenolic OH excluding ortho intramolecular Hbond substituents is 1. The molecular formula is C22H23ClF2N2O2. The van der Waals surface area contributed by atoms with Crippen LogP contribution in [0.1, 0.15) is 29.9 Å². The molecule has 2 fully saturated rings. The van der Waals surface area contributed by atoms with Gasteiger partial charge in [0.2, 0.25) is 5.91 Å². The third-order valence-electron chi connectivity index (χ3n) is 5.96. The third kappa shape index (κ3) is 4.23. The fraction of sp³-hybridized carbons (Fsp3) is 0.409. The van der Waals surface area contributed by atoms with Gasteiger partial charge in [-0.1, -0.05) is 29.8 Å². The molecule has 2 heterocycles. The quantitative estimate of drug-likeness (QED) is 0.809. The van der Waals surface area contributed by atoms with Crippen LogP contribution in [0, 0.1) is 5.82 Å². The Kier molecular flexibility index (Phi) is 5.74. The number of phenols is 1. The van der Waals surface area contributed by atoms with Crippen molar-refractivity contribution >= 4 is 17.5 Å². The smallest absolute Gasteiger partial charge is 0.240 e. The molecule has 0 aromatic heterocycles. The second kappa shape index (κ2) is 8.28. The van der Waals surface area contributed by atoms with Gasteiger partial charge in [-0.2, -0.15) is 0 Å². The molecule has 0 spiro atoms. The van der Waals surface area contributed by atoms with Crippen molar-refractivity contribution < 1.29 is 18.7 Å². The number of aromatic hydroxyl groups is 1. The van der Waals surface area contributed by atoms with Gasteiger partial charge >= 0.3 is 0 Å². The van der Waals surface area contributed by atoms with E-state index in [1.54, 1.807) is 35.2 Å². The SMILES string of the molecule is O=C1C(N2CCC(c3ccc(O)cc3)C(F)C2)CCN1Cc1ccc(F)c(Cl)c1. The second-order valence-electron chi connectivity index (χ2n) is 7.81. The van der Waals surface area contributed by atoms with E-state index in [4.69, 9.17) is 11.6 Å². The molecular weight excluding hydrogens is 398 g/mol. The molecule has 2 aliphatic heterocycles. The molecule has 4 rings (SSSR count). The summed E-state index contributed by atoms with van der Waals surface area (Å²) in [5.41, 5.74) is 1.65. The van der Waals surface area contributed by atoms with Gasteiger partial charge < -0.3 is 10.0 Å². The van der Waals surface area contributed by atoms with Crippen LogP contribution < -0.4 is 0 Å². The molecule has 0 aliphatic carbocycles. The maximum atomic E-state index is 14.9. The molecule has 0 radical (unpaired) electrons. The molecule has 2 aromatic carbocycles. The van der Waals surface area contributed by atoms with Crippen LogP contribution in [0.5, 0.6) is 5.75 Å². The highest BCUT2D eigenvalue weighted by Gasteiger charge is 2.40. The fourth-order valence-electron chi connectivity index (χ4n) is 4.39. The summed E-state index contributed by atoms with van der Waals surface area (Å²) in [6, 6.07) is 10.8. The van der Waals surface area contributed by atoms with Gasteiger partial charge in [-0.05, 0) is 54.8 Å². The van der Waals surface area contributed by atoms with Gasteiger partial charge in [0.1, 0.15) is 17.7 Å². The molecule has 2 saturated heterocycles. The van der Waals surface area contributed by atoms with Crippen molar-refractivity contribution in [1.29, 1.82) is 0 Å². The standard InChI is InChI=1S/C22H23ClF2N2O2/c23-18-11-14(1-6-19(18)24)12-27-10-8-21(22(27)29)26-9-7-17(20(25)13-26)15-2-4-16(28)5-3-15/h1-6,11,17,20-21,28H,7-10,12-13H2. The monoisotopic (exact) mass is 420 g/mol. The van der Waals surface area contributed by atoms with Crippen molar-refractivity contribution in [3.8, 4) is 5.75 Å². The van der Waals surface area contributed by atoms with Crippen LogP contribution in [0.25, 0.3) is 0 Å². The van der Waals surface area contributed by atoms with Crippen molar-refractivity contribution in [3.05, 3.63) is 64.4 Å². The van der Waals surface area contributed by atoms with Crippen molar-refractivity contribution in [2.24, 2.45) is 0 Å². The number of nitrogens with zero attached hydrogens (tertiary/aromatic N) is 2. The van der Waals surface area contributed by atoms with E-state index in [9.17, 15) is 18.7 Å². The molecule has 0 bridgehead atoms. The molecule has 3 unspecified atom stereocenters.